The summed E-state index contributed by atoms with van der Waals surface area (Å²) in [6, 6.07) is 12.1. The second-order valence-corrected chi connectivity index (χ2v) is 5.09. The zero-order valence-corrected chi connectivity index (χ0v) is 10.8. The largest absolute Gasteiger partial charge is 0.294 e. The second kappa shape index (κ2) is 5.78. The monoisotopic (exact) mass is 244 g/mol. The molecule has 0 aliphatic carbocycles. The van der Waals surface area contributed by atoms with E-state index in [9.17, 15) is 4.79 Å². The van der Waals surface area contributed by atoms with Gasteiger partial charge in [0.1, 0.15) is 0 Å². The molecule has 0 N–H and O–H groups in total. The number of ketones is 1. The Bertz CT molecular complexity index is 468. The van der Waals surface area contributed by atoms with Crippen LogP contribution in [-0.4, -0.2) is 5.78 Å². The molecule has 1 nitrogen and oxygen atoms in total. The normalized spacial score (nSPS) is 10.4. The molecule has 0 unspecified atom stereocenters. The van der Waals surface area contributed by atoms with Crippen molar-refractivity contribution in [1.29, 1.82) is 0 Å². The molecule has 0 fully saturated rings. The third kappa shape index (κ3) is 3.27. The van der Waals surface area contributed by atoms with E-state index in [1.165, 1.54) is 10.4 Å². The van der Waals surface area contributed by atoms with Crippen LogP contribution < -0.4 is 0 Å². The molecular formula is C15H16OS. The van der Waals surface area contributed by atoms with Gasteiger partial charge in [-0.25, -0.2) is 0 Å². The summed E-state index contributed by atoms with van der Waals surface area (Å²) in [6.45, 7) is 2.12. The summed E-state index contributed by atoms with van der Waals surface area (Å²) in [6.07, 6.45) is 2.47. The molecule has 2 aromatic rings. The molecule has 0 bridgehead atoms. The number of Topliss-reactive ketones (excluding diaryl/α,β-unsaturated/α-hetero) is 1. The van der Waals surface area contributed by atoms with Crippen molar-refractivity contribution in [2.45, 2.75) is 26.2 Å². The lowest BCUT2D eigenvalue weighted by atomic mass is 10.0. The Labute approximate surface area is 106 Å². The first-order valence-electron chi connectivity index (χ1n) is 5.94. The average molecular weight is 244 g/mol. The molecule has 88 valence electrons. The van der Waals surface area contributed by atoms with Gasteiger partial charge in [0, 0.05) is 16.9 Å². The molecule has 0 atom stereocenters. The lowest BCUT2D eigenvalue weighted by Crippen LogP contribution is -2.00. The van der Waals surface area contributed by atoms with Crippen LogP contribution in [0.2, 0.25) is 0 Å². The second-order valence-electron chi connectivity index (χ2n) is 4.05. The Morgan fingerprint density at radius 2 is 1.94 bits per heavy atom. The van der Waals surface area contributed by atoms with Crippen molar-refractivity contribution in [3.05, 3.63) is 57.8 Å². The number of hydrogen-bond acceptors (Lipinski definition) is 2. The van der Waals surface area contributed by atoms with Crippen LogP contribution in [0.15, 0.2) is 41.8 Å². The van der Waals surface area contributed by atoms with E-state index in [0.717, 1.165) is 18.4 Å². The van der Waals surface area contributed by atoms with Gasteiger partial charge in [-0.05, 0) is 29.9 Å². The minimum absolute atomic E-state index is 0.237. The molecule has 2 heteroatoms. The van der Waals surface area contributed by atoms with Crippen molar-refractivity contribution < 1.29 is 4.79 Å². The van der Waals surface area contributed by atoms with Crippen LogP contribution in [0.1, 0.15) is 34.1 Å². The molecule has 0 amide bonds. The number of benzene rings is 1. The van der Waals surface area contributed by atoms with Crippen LogP contribution in [-0.2, 0) is 12.8 Å². The maximum Gasteiger partial charge on any atom is 0.163 e. The smallest absolute Gasteiger partial charge is 0.163 e. The molecule has 1 heterocycles. The zero-order valence-electron chi connectivity index (χ0n) is 9.98. The van der Waals surface area contributed by atoms with Crippen LogP contribution in [0.4, 0.5) is 0 Å². The maximum absolute atomic E-state index is 11.9. The van der Waals surface area contributed by atoms with E-state index >= 15 is 0 Å². The maximum atomic E-state index is 11.9. The predicted molar refractivity (Wildman–Crippen MR) is 72.8 cm³/mol. The van der Waals surface area contributed by atoms with E-state index in [0.29, 0.717) is 6.42 Å². The Morgan fingerprint density at radius 3 is 2.53 bits per heavy atom. The van der Waals surface area contributed by atoms with Gasteiger partial charge in [0.2, 0.25) is 0 Å². The van der Waals surface area contributed by atoms with Crippen molar-refractivity contribution in [2.75, 3.05) is 0 Å². The fourth-order valence-electron chi connectivity index (χ4n) is 1.76. The molecule has 1 aromatic heterocycles. The number of rotatable bonds is 5. The van der Waals surface area contributed by atoms with Gasteiger partial charge < -0.3 is 0 Å². The zero-order chi connectivity index (χ0) is 12.1. The van der Waals surface area contributed by atoms with E-state index in [4.69, 9.17) is 0 Å². The van der Waals surface area contributed by atoms with Gasteiger partial charge in [-0.3, -0.25) is 4.79 Å². The molecule has 0 spiro atoms. The lowest BCUT2D eigenvalue weighted by Gasteiger charge is -2.01. The summed E-state index contributed by atoms with van der Waals surface area (Å²) in [5.41, 5.74) is 2.11. The van der Waals surface area contributed by atoms with Gasteiger partial charge >= 0.3 is 0 Å². The van der Waals surface area contributed by atoms with Crippen molar-refractivity contribution in [3.8, 4) is 0 Å². The standard InChI is InChI=1S/C15H16OS/c1-2-12-5-7-13(8-6-12)15(16)10-9-14-4-3-11-17-14/h3-8,11H,2,9-10H2,1H3. The molecule has 0 radical (unpaired) electrons. The minimum atomic E-state index is 0.237. The Morgan fingerprint density at radius 1 is 1.18 bits per heavy atom. The SMILES string of the molecule is CCc1ccc(C(=O)CCc2cccs2)cc1. The van der Waals surface area contributed by atoms with E-state index in [1.54, 1.807) is 11.3 Å². The summed E-state index contributed by atoms with van der Waals surface area (Å²) in [5.74, 6) is 0.237. The Hall–Kier alpha value is -1.41. The highest BCUT2D eigenvalue weighted by molar-refractivity contribution is 7.09. The van der Waals surface area contributed by atoms with Gasteiger partial charge in [-0.2, -0.15) is 0 Å². The Kier molecular flexibility index (Phi) is 4.10. The molecular weight excluding hydrogens is 228 g/mol. The molecule has 0 saturated carbocycles. The quantitative estimate of drug-likeness (QED) is 0.723. The van der Waals surface area contributed by atoms with Crippen LogP contribution >= 0.6 is 11.3 Å². The first-order valence-corrected chi connectivity index (χ1v) is 6.82. The van der Waals surface area contributed by atoms with Gasteiger partial charge in [0.15, 0.2) is 5.78 Å². The first-order chi connectivity index (χ1) is 8.29. The van der Waals surface area contributed by atoms with Crippen LogP contribution in [0.25, 0.3) is 0 Å². The average Bonchev–Trinajstić information content (AvgIpc) is 2.89. The number of thiophene rings is 1. The number of carbonyl (C=O) groups is 1. The van der Waals surface area contributed by atoms with E-state index in [1.807, 2.05) is 30.3 Å². The fourth-order valence-corrected chi connectivity index (χ4v) is 2.47. The summed E-state index contributed by atoms with van der Waals surface area (Å²) in [7, 11) is 0. The lowest BCUT2D eigenvalue weighted by molar-refractivity contribution is 0.0983. The molecule has 2 rings (SSSR count). The van der Waals surface area contributed by atoms with Crippen LogP contribution in [0.5, 0.6) is 0 Å². The van der Waals surface area contributed by atoms with Crippen LogP contribution in [0.3, 0.4) is 0 Å². The number of aryl methyl sites for hydroxylation is 2. The molecule has 1 aromatic carbocycles. The van der Waals surface area contributed by atoms with Crippen LogP contribution in [0, 0.1) is 0 Å². The summed E-state index contributed by atoms with van der Waals surface area (Å²) in [4.78, 5) is 13.2. The minimum Gasteiger partial charge on any atom is -0.294 e. The third-order valence-corrected chi connectivity index (χ3v) is 3.80. The van der Waals surface area contributed by atoms with E-state index in [-0.39, 0.29) is 5.78 Å². The van der Waals surface area contributed by atoms with Crippen molar-refractivity contribution in [3.63, 3.8) is 0 Å². The molecule has 0 aliphatic rings. The topological polar surface area (TPSA) is 17.1 Å². The predicted octanol–water partition coefficient (Wildman–Crippen LogP) is 4.13. The number of carbonyl (C=O) groups excluding carboxylic acids is 1. The molecule has 0 aliphatic heterocycles. The molecule has 0 saturated heterocycles. The summed E-state index contributed by atoms with van der Waals surface area (Å²) in [5, 5.41) is 2.05. The fraction of sp³-hybridized carbons (Fsp3) is 0.267. The van der Waals surface area contributed by atoms with E-state index < -0.39 is 0 Å². The summed E-state index contributed by atoms with van der Waals surface area (Å²) < 4.78 is 0. The number of hydrogen-bond donors (Lipinski definition) is 0. The highest BCUT2D eigenvalue weighted by atomic mass is 32.1. The van der Waals surface area contributed by atoms with Crippen molar-refractivity contribution in [2.24, 2.45) is 0 Å². The van der Waals surface area contributed by atoms with E-state index in [2.05, 4.69) is 18.4 Å². The summed E-state index contributed by atoms with van der Waals surface area (Å²) >= 11 is 1.71. The van der Waals surface area contributed by atoms with Crippen molar-refractivity contribution >= 4 is 17.1 Å². The van der Waals surface area contributed by atoms with Gasteiger partial charge in [0.05, 0.1) is 0 Å². The van der Waals surface area contributed by atoms with Crippen molar-refractivity contribution in [1.82, 2.24) is 0 Å². The van der Waals surface area contributed by atoms with Gasteiger partial charge in [-0.15, -0.1) is 11.3 Å². The van der Waals surface area contributed by atoms with Gasteiger partial charge in [0.25, 0.3) is 0 Å². The third-order valence-electron chi connectivity index (χ3n) is 2.86. The highest BCUT2D eigenvalue weighted by Crippen LogP contribution is 2.14. The first kappa shape index (κ1) is 12.1. The van der Waals surface area contributed by atoms with Gasteiger partial charge in [-0.1, -0.05) is 37.3 Å². The molecule has 17 heavy (non-hydrogen) atoms. The highest BCUT2D eigenvalue weighted by Gasteiger charge is 2.06. The Balaban J connectivity index is 1.95.